The molecule has 0 saturated carbocycles. The lowest BCUT2D eigenvalue weighted by molar-refractivity contribution is 0.555. The van der Waals surface area contributed by atoms with Gasteiger partial charge < -0.3 is 0 Å². The fourth-order valence-electron chi connectivity index (χ4n) is 0.997. The van der Waals surface area contributed by atoms with E-state index in [4.69, 9.17) is 0 Å². The maximum atomic E-state index is 12.6. The number of halogens is 1. The molecule has 1 radical (unpaired) electrons. The number of rotatable bonds is 2. The third-order valence-corrected chi connectivity index (χ3v) is 1.38. The van der Waals surface area contributed by atoms with Gasteiger partial charge in [-0.3, -0.25) is 4.79 Å². The van der Waals surface area contributed by atoms with Gasteiger partial charge in [-0.25, -0.2) is 4.39 Å². The van der Waals surface area contributed by atoms with Crippen LogP contribution >= 0.6 is 0 Å². The van der Waals surface area contributed by atoms with Crippen LogP contribution in [0.5, 0.6) is 0 Å². The highest BCUT2D eigenvalue weighted by Crippen LogP contribution is 2.07. The molecular formula is C9H8FO. The van der Waals surface area contributed by atoms with Crippen molar-refractivity contribution in [1.82, 2.24) is 0 Å². The first kappa shape index (κ1) is 7.92. The van der Waals surface area contributed by atoms with Gasteiger partial charge in [0, 0.05) is 6.42 Å². The van der Waals surface area contributed by atoms with Gasteiger partial charge in [0.25, 0.3) is 0 Å². The normalized spacial score (nSPS) is 9.64. The fraction of sp³-hybridized carbons (Fsp3) is 0.222. The van der Waals surface area contributed by atoms with Gasteiger partial charge in [-0.1, -0.05) is 6.07 Å². The lowest BCUT2D eigenvalue weighted by Crippen LogP contribution is -1.88. The molecule has 11 heavy (non-hydrogen) atoms. The highest BCUT2D eigenvalue weighted by Gasteiger charge is 1.96. The Morgan fingerprint density at radius 3 is 2.73 bits per heavy atom. The van der Waals surface area contributed by atoms with Gasteiger partial charge in [0.2, 0.25) is 6.29 Å². The third kappa shape index (κ3) is 2.15. The van der Waals surface area contributed by atoms with E-state index in [-0.39, 0.29) is 12.2 Å². The molecule has 1 aromatic rings. The van der Waals surface area contributed by atoms with E-state index in [1.165, 1.54) is 12.1 Å². The summed E-state index contributed by atoms with van der Waals surface area (Å²) < 4.78 is 12.6. The summed E-state index contributed by atoms with van der Waals surface area (Å²) >= 11 is 0. The summed E-state index contributed by atoms with van der Waals surface area (Å²) in [5.74, 6) is -0.296. The van der Waals surface area contributed by atoms with Gasteiger partial charge >= 0.3 is 0 Å². The SMILES string of the molecule is Cc1cc(F)cc(C[C]=O)c1. The smallest absolute Gasteiger partial charge is 0.203 e. The van der Waals surface area contributed by atoms with Crippen LogP contribution in [0.4, 0.5) is 4.39 Å². The number of hydrogen-bond acceptors (Lipinski definition) is 1. The van der Waals surface area contributed by atoms with Crippen LogP contribution in [0.25, 0.3) is 0 Å². The Bertz CT molecular complexity index is 248. The predicted molar refractivity (Wildman–Crippen MR) is 40.5 cm³/mol. The van der Waals surface area contributed by atoms with Crippen molar-refractivity contribution in [1.29, 1.82) is 0 Å². The first-order chi connectivity index (χ1) is 5.22. The second-order valence-electron chi connectivity index (χ2n) is 2.46. The summed E-state index contributed by atoms with van der Waals surface area (Å²) in [6.45, 7) is 1.79. The summed E-state index contributed by atoms with van der Waals surface area (Å²) in [6, 6.07) is 4.54. The molecule has 0 unspecified atom stereocenters. The van der Waals surface area contributed by atoms with Crippen LogP contribution in [0.15, 0.2) is 18.2 Å². The number of benzene rings is 1. The average molecular weight is 151 g/mol. The second-order valence-corrected chi connectivity index (χ2v) is 2.46. The minimum atomic E-state index is -0.296. The summed E-state index contributed by atoms with van der Waals surface area (Å²) in [5, 5.41) is 0. The van der Waals surface area contributed by atoms with Crippen LogP contribution in [0.3, 0.4) is 0 Å². The van der Waals surface area contributed by atoms with Crippen molar-refractivity contribution in [3.05, 3.63) is 35.1 Å². The van der Waals surface area contributed by atoms with Gasteiger partial charge in [-0.15, -0.1) is 0 Å². The van der Waals surface area contributed by atoms with E-state index >= 15 is 0 Å². The van der Waals surface area contributed by atoms with Crippen LogP contribution in [-0.4, -0.2) is 6.29 Å². The van der Waals surface area contributed by atoms with Gasteiger partial charge in [0.1, 0.15) is 5.82 Å². The topological polar surface area (TPSA) is 17.1 Å². The monoisotopic (exact) mass is 151 g/mol. The Labute approximate surface area is 64.9 Å². The van der Waals surface area contributed by atoms with Gasteiger partial charge in [0.05, 0.1) is 0 Å². The fourth-order valence-corrected chi connectivity index (χ4v) is 0.997. The Hall–Kier alpha value is -1.18. The minimum Gasteiger partial charge on any atom is -0.291 e. The molecule has 0 spiro atoms. The van der Waals surface area contributed by atoms with Gasteiger partial charge in [-0.05, 0) is 30.2 Å². The van der Waals surface area contributed by atoms with E-state index in [2.05, 4.69) is 0 Å². The van der Waals surface area contributed by atoms with Crippen molar-refractivity contribution < 1.29 is 9.18 Å². The molecule has 0 saturated heterocycles. The largest absolute Gasteiger partial charge is 0.291 e. The summed E-state index contributed by atoms with van der Waals surface area (Å²) in [5.41, 5.74) is 1.51. The van der Waals surface area contributed by atoms with Crippen molar-refractivity contribution in [3.8, 4) is 0 Å². The zero-order chi connectivity index (χ0) is 8.27. The van der Waals surface area contributed by atoms with E-state index in [0.29, 0.717) is 5.56 Å². The van der Waals surface area contributed by atoms with Crippen molar-refractivity contribution in [2.45, 2.75) is 13.3 Å². The van der Waals surface area contributed by atoms with Crippen molar-refractivity contribution in [2.75, 3.05) is 0 Å². The quantitative estimate of drug-likeness (QED) is 0.629. The second kappa shape index (κ2) is 3.28. The van der Waals surface area contributed by atoms with E-state index in [1.54, 1.807) is 19.3 Å². The third-order valence-electron chi connectivity index (χ3n) is 1.38. The molecule has 0 heterocycles. The predicted octanol–water partition coefficient (Wildman–Crippen LogP) is 1.79. The molecule has 0 amide bonds. The molecule has 0 atom stereocenters. The summed E-state index contributed by atoms with van der Waals surface area (Å²) in [6.07, 6.45) is 1.89. The van der Waals surface area contributed by atoms with E-state index in [0.717, 1.165) is 5.56 Å². The molecule has 0 fully saturated rings. The van der Waals surface area contributed by atoms with Gasteiger partial charge in [-0.2, -0.15) is 0 Å². The first-order valence-electron chi connectivity index (χ1n) is 3.33. The Morgan fingerprint density at radius 2 is 2.18 bits per heavy atom. The van der Waals surface area contributed by atoms with Crippen molar-refractivity contribution in [3.63, 3.8) is 0 Å². The van der Waals surface area contributed by atoms with Gasteiger partial charge in [0.15, 0.2) is 0 Å². The lowest BCUT2D eigenvalue weighted by atomic mass is 10.1. The van der Waals surface area contributed by atoms with Crippen LogP contribution in [0.1, 0.15) is 11.1 Å². The molecule has 0 aliphatic carbocycles. The summed E-state index contributed by atoms with van der Waals surface area (Å²) in [4.78, 5) is 9.95. The standard InChI is InChI=1S/C9H8FO/c1-7-4-8(2-3-11)6-9(10)5-7/h4-6H,2H2,1H3. The molecule has 0 N–H and O–H groups in total. The molecule has 0 bridgehead atoms. The highest BCUT2D eigenvalue weighted by atomic mass is 19.1. The highest BCUT2D eigenvalue weighted by molar-refractivity contribution is 5.55. The van der Waals surface area contributed by atoms with E-state index in [9.17, 15) is 9.18 Å². The Morgan fingerprint density at radius 1 is 1.45 bits per heavy atom. The number of aryl methyl sites for hydroxylation is 1. The lowest BCUT2D eigenvalue weighted by Gasteiger charge is -1.97. The Balaban J connectivity index is 2.98. The molecule has 2 heteroatoms. The molecule has 0 aliphatic heterocycles. The van der Waals surface area contributed by atoms with E-state index < -0.39 is 0 Å². The minimum absolute atomic E-state index is 0.165. The molecule has 1 aromatic carbocycles. The summed E-state index contributed by atoms with van der Waals surface area (Å²) in [7, 11) is 0. The average Bonchev–Trinajstić information content (AvgIpc) is 1.85. The maximum Gasteiger partial charge on any atom is 0.203 e. The zero-order valence-electron chi connectivity index (χ0n) is 6.23. The number of carbonyl (C=O) groups excluding carboxylic acids is 1. The molecule has 1 nitrogen and oxygen atoms in total. The van der Waals surface area contributed by atoms with Crippen LogP contribution in [0, 0.1) is 12.7 Å². The first-order valence-corrected chi connectivity index (χ1v) is 3.33. The Kier molecular flexibility index (Phi) is 2.36. The zero-order valence-corrected chi connectivity index (χ0v) is 6.23. The van der Waals surface area contributed by atoms with E-state index in [1.807, 2.05) is 0 Å². The number of hydrogen-bond donors (Lipinski definition) is 0. The molecule has 0 aliphatic rings. The molecule has 57 valence electrons. The van der Waals surface area contributed by atoms with Crippen molar-refractivity contribution in [2.24, 2.45) is 0 Å². The van der Waals surface area contributed by atoms with Crippen LogP contribution < -0.4 is 0 Å². The maximum absolute atomic E-state index is 12.6. The van der Waals surface area contributed by atoms with Crippen LogP contribution in [0.2, 0.25) is 0 Å². The molecule has 1 rings (SSSR count). The molecule has 0 aromatic heterocycles. The van der Waals surface area contributed by atoms with Crippen molar-refractivity contribution >= 4 is 6.29 Å². The van der Waals surface area contributed by atoms with Crippen LogP contribution in [-0.2, 0) is 11.2 Å². The molecular weight excluding hydrogens is 143 g/mol.